The van der Waals surface area contributed by atoms with Gasteiger partial charge in [-0.2, -0.15) is 0 Å². The molecule has 0 aliphatic carbocycles. The Labute approximate surface area is 97.2 Å². The molecule has 1 aromatic heterocycles. The number of pyridine rings is 1. The molecule has 1 aliphatic rings. The van der Waals surface area contributed by atoms with Crippen LogP contribution in [0.2, 0.25) is 0 Å². The summed E-state index contributed by atoms with van der Waals surface area (Å²) in [4.78, 5) is 4.26. The molecular weight excluding hydrogens is 200 g/mol. The number of hydrogen-bond acceptors (Lipinski definition) is 3. The fourth-order valence-corrected chi connectivity index (χ4v) is 2.26. The molecular formula is C13H20N2O. The minimum Gasteiger partial charge on any atom is -0.492 e. The van der Waals surface area contributed by atoms with Gasteiger partial charge >= 0.3 is 0 Å². The van der Waals surface area contributed by atoms with Crippen LogP contribution in [0.1, 0.15) is 37.7 Å². The standard InChI is InChI=1S/C13H20N2O/c1-2-16-13-8-12(9-15-10-13)11-4-3-6-14-7-5-11/h8-11,14H,2-7H2,1H3. The summed E-state index contributed by atoms with van der Waals surface area (Å²) in [5, 5.41) is 3.44. The zero-order valence-electron chi connectivity index (χ0n) is 9.91. The lowest BCUT2D eigenvalue weighted by Gasteiger charge is -2.14. The van der Waals surface area contributed by atoms with Gasteiger partial charge in [0.1, 0.15) is 5.75 Å². The summed E-state index contributed by atoms with van der Waals surface area (Å²) in [7, 11) is 0. The average molecular weight is 220 g/mol. The number of nitrogens with zero attached hydrogens (tertiary/aromatic N) is 1. The zero-order chi connectivity index (χ0) is 11.2. The van der Waals surface area contributed by atoms with Crippen LogP contribution in [0.4, 0.5) is 0 Å². The Balaban J connectivity index is 2.08. The molecule has 1 N–H and O–H groups in total. The van der Waals surface area contributed by atoms with Gasteiger partial charge in [-0.3, -0.25) is 4.98 Å². The van der Waals surface area contributed by atoms with E-state index >= 15 is 0 Å². The molecule has 1 fully saturated rings. The van der Waals surface area contributed by atoms with Gasteiger partial charge in [0.25, 0.3) is 0 Å². The van der Waals surface area contributed by atoms with Gasteiger partial charge in [0.15, 0.2) is 0 Å². The van der Waals surface area contributed by atoms with E-state index in [0.717, 1.165) is 18.8 Å². The van der Waals surface area contributed by atoms with Crippen LogP contribution in [0.3, 0.4) is 0 Å². The molecule has 2 heterocycles. The van der Waals surface area contributed by atoms with Crippen molar-refractivity contribution in [2.24, 2.45) is 0 Å². The fraction of sp³-hybridized carbons (Fsp3) is 0.615. The van der Waals surface area contributed by atoms with Crippen molar-refractivity contribution in [2.45, 2.75) is 32.1 Å². The monoisotopic (exact) mass is 220 g/mol. The Bertz CT molecular complexity index is 319. The van der Waals surface area contributed by atoms with E-state index in [9.17, 15) is 0 Å². The van der Waals surface area contributed by atoms with E-state index in [1.165, 1.54) is 24.8 Å². The second-order valence-electron chi connectivity index (χ2n) is 4.26. The Morgan fingerprint density at radius 1 is 1.38 bits per heavy atom. The maximum Gasteiger partial charge on any atom is 0.137 e. The second kappa shape index (κ2) is 5.85. The number of hydrogen-bond donors (Lipinski definition) is 1. The quantitative estimate of drug-likeness (QED) is 0.849. The highest BCUT2D eigenvalue weighted by Gasteiger charge is 2.14. The molecule has 3 nitrogen and oxygen atoms in total. The molecule has 1 saturated heterocycles. The van der Waals surface area contributed by atoms with Crippen molar-refractivity contribution >= 4 is 0 Å². The van der Waals surface area contributed by atoms with Crippen molar-refractivity contribution < 1.29 is 4.74 Å². The molecule has 0 bridgehead atoms. The number of aromatic nitrogens is 1. The van der Waals surface area contributed by atoms with E-state index < -0.39 is 0 Å². The first kappa shape index (κ1) is 11.4. The number of rotatable bonds is 3. The lowest BCUT2D eigenvalue weighted by atomic mass is 9.93. The molecule has 0 aromatic carbocycles. The minimum atomic E-state index is 0.642. The van der Waals surface area contributed by atoms with E-state index in [-0.39, 0.29) is 0 Å². The lowest BCUT2D eigenvalue weighted by Crippen LogP contribution is -2.13. The highest BCUT2D eigenvalue weighted by Crippen LogP contribution is 2.27. The third-order valence-corrected chi connectivity index (χ3v) is 3.09. The molecule has 0 spiro atoms. The fourth-order valence-electron chi connectivity index (χ4n) is 2.26. The summed E-state index contributed by atoms with van der Waals surface area (Å²) < 4.78 is 5.49. The SMILES string of the molecule is CCOc1cncc(C2CCCNCC2)c1. The molecule has 88 valence electrons. The first-order valence-electron chi connectivity index (χ1n) is 6.18. The van der Waals surface area contributed by atoms with Gasteiger partial charge in [0.2, 0.25) is 0 Å². The van der Waals surface area contributed by atoms with Crippen molar-refractivity contribution in [3.8, 4) is 5.75 Å². The van der Waals surface area contributed by atoms with Crippen molar-refractivity contribution in [3.05, 3.63) is 24.0 Å². The molecule has 1 aliphatic heterocycles. The van der Waals surface area contributed by atoms with Crippen LogP contribution in [-0.4, -0.2) is 24.7 Å². The molecule has 2 rings (SSSR count). The first-order valence-corrected chi connectivity index (χ1v) is 6.18. The molecule has 0 amide bonds. The molecule has 0 saturated carbocycles. The summed E-state index contributed by atoms with van der Waals surface area (Å²) in [5.41, 5.74) is 1.33. The van der Waals surface area contributed by atoms with Gasteiger partial charge in [-0.05, 0) is 56.8 Å². The number of ether oxygens (including phenoxy) is 1. The van der Waals surface area contributed by atoms with E-state index in [4.69, 9.17) is 4.74 Å². The summed E-state index contributed by atoms with van der Waals surface area (Å²) in [5.74, 6) is 1.54. The smallest absolute Gasteiger partial charge is 0.137 e. The van der Waals surface area contributed by atoms with Crippen LogP contribution in [0, 0.1) is 0 Å². The molecule has 3 heteroatoms. The van der Waals surface area contributed by atoms with Gasteiger partial charge in [-0.1, -0.05) is 0 Å². The van der Waals surface area contributed by atoms with E-state index in [2.05, 4.69) is 16.4 Å². The van der Waals surface area contributed by atoms with Gasteiger partial charge < -0.3 is 10.1 Å². The predicted molar refractivity (Wildman–Crippen MR) is 64.9 cm³/mol. The lowest BCUT2D eigenvalue weighted by molar-refractivity contribution is 0.338. The van der Waals surface area contributed by atoms with Crippen LogP contribution in [0.15, 0.2) is 18.5 Å². The molecule has 16 heavy (non-hydrogen) atoms. The maximum absolute atomic E-state index is 5.49. The van der Waals surface area contributed by atoms with Crippen LogP contribution in [-0.2, 0) is 0 Å². The highest BCUT2D eigenvalue weighted by atomic mass is 16.5. The van der Waals surface area contributed by atoms with Crippen LogP contribution in [0.5, 0.6) is 5.75 Å². The van der Waals surface area contributed by atoms with Crippen molar-refractivity contribution in [2.75, 3.05) is 19.7 Å². The van der Waals surface area contributed by atoms with Crippen molar-refractivity contribution in [3.63, 3.8) is 0 Å². The van der Waals surface area contributed by atoms with E-state index in [1.54, 1.807) is 6.20 Å². The summed E-state index contributed by atoms with van der Waals surface area (Å²) in [6, 6.07) is 2.15. The van der Waals surface area contributed by atoms with Crippen LogP contribution >= 0.6 is 0 Å². The molecule has 1 unspecified atom stereocenters. The summed E-state index contributed by atoms with van der Waals surface area (Å²) >= 11 is 0. The topological polar surface area (TPSA) is 34.1 Å². The Hall–Kier alpha value is -1.09. The first-order chi connectivity index (χ1) is 7.90. The minimum absolute atomic E-state index is 0.642. The number of nitrogens with one attached hydrogen (secondary N) is 1. The summed E-state index contributed by atoms with van der Waals surface area (Å²) in [6.45, 7) is 4.97. The normalized spacial score (nSPS) is 21.4. The van der Waals surface area contributed by atoms with E-state index in [0.29, 0.717) is 12.5 Å². The molecule has 1 atom stereocenters. The predicted octanol–water partition coefficient (Wildman–Crippen LogP) is 2.34. The Morgan fingerprint density at radius 3 is 3.19 bits per heavy atom. The molecule has 0 radical (unpaired) electrons. The Morgan fingerprint density at radius 2 is 2.31 bits per heavy atom. The Kier molecular flexibility index (Phi) is 4.17. The van der Waals surface area contributed by atoms with E-state index in [1.807, 2.05) is 13.1 Å². The van der Waals surface area contributed by atoms with Crippen LogP contribution < -0.4 is 10.1 Å². The van der Waals surface area contributed by atoms with Crippen LogP contribution in [0.25, 0.3) is 0 Å². The second-order valence-corrected chi connectivity index (χ2v) is 4.26. The zero-order valence-corrected chi connectivity index (χ0v) is 9.91. The van der Waals surface area contributed by atoms with Gasteiger partial charge in [0, 0.05) is 6.20 Å². The van der Waals surface area contributed by atoms with Gasteiger partial charge in [0.05, 0.1) is 12.8 Å². The van der Waals surface area contributed by atoms with Crippen molar-refractivity contribution in [1.29, 1.82) is 0 Å². The molecule has 1 aromatic rings. The maximum atomic E-state index is 5.49. The third kappa shape index (κ3) is 2.95. The van der Waals surface area contributed by atoms with Gasteiger partial charge in [-0.25, -0.2) is 0 Å². The summed E-state index contributed by atoms with van der Waals surface area (Å²) in [6.07, 6.45) is 7.49. The van der Waals surface area contributed by atoms with Gasteiger partial charge in [-0.15, -0.1) is 0 Å². The van der Waals surface area contributed by atoms with Crippen molar-refractivity contribution in [1.82, 2.24) is 10.3 Å². The largest absolute Gasteiger partial charge is 0.492 e. The third-order valence-electron chi connectivity index (χ3n) is 3.09. The highest BCUT2D eigenvalue weighted by molar-refractivity contribution is 5.26. The average Bonchev–Trinajstić information content (AvgIpc) is 2.58.